The molecule has 0 saturated carbocycles. The molecule has 1 aliphatic heterocycles. The average Bonchev–Trinajstić information content (AvgIpc) is 3.15. The highest BCUT2D eigenvalue weighted by molar-refractivity contribution is 6.42. The standard InChI is InChI=1S/C15H12Cl2F2N4O2/c1-7-6-15(25,14(18)19)23(22-7)13(24)12-5-11(20-21-12)8-2-3-9(16)10(17)4-8/h2-5,14,25H,6H2,1H3,(H,20,21)/t15-/m1/s1. The zero-order valence-electron chi connectivity index (χ0n) is 12.8. The number of carbonyl (C=O) groups excluding carboxylic acids is 1. The van der Waals surface area contributed by atoms with Crippen molar-refractivity contribution in [2.45, 2.75) is 25.5 Å². The van der Waals surface area contributed by atoms with Crippen LogP contribution in [0.25, 0.3) is 11.3 Å². The number of aromatic nitrogens is 2. The van der Waals surface area contributed by atoms with E-state index < -0.39 is 24.5 Å². The van der Waals surface area contributed by atoms with Crippen molar-refractivity contribution >= 4 is 34.8 Å². The Morgan fingerprint density at radius 1 is 1.36 bits per heavy atom. The van der Waals surface area contributed by atoms with Crippen LogP contribution in [-0.4, -0.2) is 44.1 Å². The number of aromatic amines is 1. The number of carbonyl (C=O) groups is 1. The number of nitrogens with one attached hydrogen (secondary N) is 1. The zero-order chi connectivity index (χ0) is 18.4. The van der Waals surface area contributed by atoms with E-state index in [1.807, 2.05) is 0 Å². The zero-order valence-corrected chi connectivity index (χ0v) is 14.3. The van der Waals surface area contributed by atoms with Crippen LogP contribution in [0.15, 0.2) is 29.4 Å². The number of alkyl halides is 2. The largest absolute Gasteiger partial charge is 0.364 e. The van der Waals surface area contributed by atoms with E-state index in [1.54, 1.807) is 18.2 Å². The summed E-state index contributed by atoms with van der Waals surface area (Å²) in [6.07, 6.45) is -3.60. The number of H-pyrrole nitrogens is 1. The minimum atomic E-state index is -3.17. The van der Waals surface area contributed by atoms with Crippen molar-refractivity contribution in [2.24, 2.45) is 5.10 Å². The monoisotopic (exact) mass is 388 g/mol. The molecule has 0 saturated heterocycles. The molecule has 1 aromatic carbocycles. The molecule has 1 amide bonds. The van der Waals surface area contributed by atoms with Crippen molar-refractivity contribution in [1.29, 1.82) is 0 Å². The Labute approximate surface area is 151 Å². The molecule has 6 nitrogen and oxygen atoms in total. The molecule has 25 heavy (non-hydrogen) atoms. The summed E-state index contributed by atoms with van der Waals surface area (Å²) in [5, 5.41) is 21.3. The molecule has 1 aromatic heterocycles. The van der Waals surface area contributed by atoms with E-state index in [0.717, 1.165) is 0 Å². The highest BCUT2D eigenvalue weighted by Crippen LogP contribution is 2.33. The molecule has 0 aliphatic carbocycles. The summed E-state index contributed by atoms with van der Waals surface area (Å²) < 4.78 is 26.4. The average molecular weight is 389 g/mol. The van der Waals surface area contributed by atoms with E-state index in [9.17, 15) is 18.7 Å². The molecule has 0 bridgehead atoms. The Morgan fingerprint density at radius 3 is 2.72 bits per heavy atom. The molecular formula is C15H12Cl2F2N4O2. The SMILES string of the molecule is CC1=NN(C(=O)c2cc(-c3ccc(Cl)c(Cl)c3)n[nH]2)[C@](O)(C(F)F)C1. The molecule has 1 atom stereocenters. The first-order chi connectivity index (χ1) is 11.7. The van der Waals surface area contributed by atoms with Crippen LogP contribution in [0.3, 0.4) is 0 Å². The summed E-state index contributed by atoms with van der Waals surface area (Å²) in [5.41, 5.74) is -1.60. The van der Waals surface area contributed by atoms with Gasteiger partial charge in [-0.15, -0.1) is 0 Å². The molecule has 1 aliphatic rings. The van der Waals surface area contributed by atoms with Crippen molar-refractivity contribution < 1.29 is 18.7 Å². The fraction of sp³-hybridized carbons (Fsp3) is 0.267. The molecule has 0 radical (unpaired) electrons. The molecule has 10 heteroatoms. The van der Waals surface area contributed by atoms with Crippen LogP contribution in [0, 0.1) is 0 Å². The lowest BCUT2D eigenvalue weighted by Crippen LogP contribution is -2.51. The maximum atomic E-state index is 13.2. The fourth-order valence-electron chi connectivity index (χ4n) is 2.48. The third-order valence-corrected chi connectivity index (χ3v) is 4.46. The van der Waals surface area contributed by atoms with E-state index in [0.29, 0.717) is 26.3 Å². The van der Waals surface area contributed by atoms with Gasteiger partial charge in [0.25, 0.3) is 12.3 Å². The van der Waals surface area contributed by atoms with Crippen LogP contribution in [0.5, 0.6) is 0 Å². The maximum Gasteiger partial charge on any atom is 0.294 e. The van der Waals surface area contributed by atoms with Crippen LogP contribution in [0.2, 0.25) is 10.0 Å². The predicted molar refractivity (Wildman–Crippen MR) is 88.9 cm³/mol. The second-order valence-corrected chi connectivity index (χ2v) is 6.42. The van der Waals surface area contributed by atoms with E-state index in [1.165, 1.54) is 13.0 Å². The van der Waals surface area contributed by atoms with Crippen LogP contribution in [0.1, 0.15) is 23.8 Å². The van der Waals surface area contributed by atoms with E-state index in [4.69, 9.17) is 23.2 Å². The number of halogens is 4. The first-order valence-corrected chi connectivity index (χ1v) is 7.88. The van der Waals surface area contributed by atoms with E-state index in [2.05, 4.69) is 15.3 Å². The Kier molecular flexibility index (Phi) is 4.52. The molecule has 2 N–H and O–H groups in total. The van der Waals surface area contributed by atoms with Crippen molar-refractivity contribution in [2.75, 3.05) is 0 Å². The minimum Gasteiger partial charge on any atom is -0.364 e. The van der Waals surface area contributed by atoms with Gasteiger partial charge in [-0.05, 0) is 25.1 Å². The van der Waals surface area contributed by atoms with Gasteiger partial charge in [0.2, 0.25) is 5.72 Å². The van der Waals surface area contributed by atoms with E-state index >= 15 is 0 Å². The van der Waals surface area contributed by atoms with Gasteiger partial charge in [-0.25, -0.2) is 8.78 Å². The summed E-state index contributed by atoms with van der Waals surface area (Å²) in [6.45, 7) is 1.45. The first kappa shape index (κ1) is 17.8. The van der Waals surface area contributed by atoms with Gasteiger partial charge in [0, 0.05) is 17.7 Å². The van der Waals surface area contributed by atoms with E-state index in [-0.39, 0.29) is 11.4 Å². The molecule has 2 aromatic rings. The third-order valence-electron chi connectivity index (χ3n) is 3.72. The van der Waals surface area contributed by atoms with Gasteiger partial charge in [-0.1, -0.05) is 29.3 Å². The maximum absolute atomic E-state index is 13.2. The fourth-order valence-corrected chi connectivity index (χ4v) is 2.78. The molecule has 0 spiro atoms. The molecule has 3 rings (SSSR count). The molecular weight excluding hydrogens is 377 g/mol. The Hall–Kier alpha value is -2.03. The molecule has 132 valence electrons. The van der Waals surface area contributed by atoms with Gasteiger partial charge in [-0.3, -0.25) is 9.89 Å². The molecule has 0 fully saturated rings. The van der Waals surface area contributed by atoms with Gasteiger partial charge >= 0.3 is 0 Å². The molecule has 0 unspecified atom stereocenters. The highest BCUT2D eigenvalue weighted by Gasteiger charge is 2.51. The highest BCUT2D eigenvalue weighted by atomic mass is 35.5. The van der Waals surface area contributed by atoms with Gasteiger partial charge in [0.15, 0.2) is 0 Å². The Bertz CT molecular complexity index is 871. The van der Waals surface area contributed by atoms with Crippen LogP contribution in [0.4, 0.5) is 8.78 Å². The lowest BCUT2D eigenvalue weighted by molar-refractivity contribution is -0.164. The summed E-state index contributed by atoms with van der Waals surface area (Å²) in [7, 11) is 0. The summed E-state index contributed by atoms with van der Waals surface area (Å²) in [5.74, 6) is -0.918. The van der Waals surface area contributed by atoms with Crippen molar-refractivity contribution in [1.82, 2.24) is 15.2 Å². The summed E-state index contributed by atoms with van der Waals surface area (Å²) in [4.78, 5) is 12.5. The number of amides is 1. The number of benzene rings is 1. The topological polar surface area (TPSA) is 81.6 Å². The Morgan fingerprint density at radius 2 is 2.08 bits per heavy atom. The number of hydrogen-bond donors (Lipinski definition) is 2. The second kappa shape index (κ2) is 6.36. The quantitative estimate of drug-likeness (QED) is 0.843. The van der Waals surface area contributed by atoms with Crippen molar-refractivity contribution in [3.63, 3.8) is 0 Å². The number of hydrazone groups is 1. The molecule has 2 heterocycles. The summed E-state index contributed by atoms with van der Waals surface area (Å²) in [6, 6.07) is 6.13. The lowest BCUT2D eigenvalue weighted by Gasteiger charge is -2.29. The number of nitrogens with zero attached hydrogens (tertiary/aromatic N) is 3. The summed E-state index contributed by atoms with van der Waals surface area (Å²) >= 11 is 11.8. The third kappa shape index (κ3) is 3.12. The van der Waals surface area contributed by atoms with Gasteiger partial charge in [0.1, 0.15) is 5.69 Å². The minimum absolute atomic E-state index is 0.0985. The van der Waals surface area contributed by atoms with Gasteiger partial charge < -0.3 is 5.11 Å². The first-order valence-electron chi connectivity index (χ1n) is 7.12. The predicted octanol–water partition coefficient (Wildman–Crippen LogP) is 3.56. The lowest BCUT2D eigenvalue weighted by atomic mass is 10.1. The normalized spacial score (nSPS) is 20.3. The van der Waals surface area contributed by atoms with Crippen LogP contribution >= 0.6 is 23.2 Å². The second-order valence-electron chi connectivity index (χ2n) is 5.60. The Balaban J connectivity index is 1.91. The van der Waals surface area contributed by atoms with Crippen molar-refractivity contribution in [3.8, 4) is 11.3 Å². The van der Waals surface area contributed by atoms with Crippen LogP contribution in [-0.2, 0) is 0 Å². The smallest absolute Gasteiger partial charge is 0.294 e. The van der Waals surface area contributed by atoms with Crippen LogP contribution < -0.4 is 0 Å². The van der Waals surface area contributed by atoms with Gasteiger partial charge in [-0.2, -0.15) is 15.2 Å². The van der Waals surface area contributed by atoms with Gasteiger partial charge in [0.05, 0.1) is 15.7 Å². The number of rotatable bonds is 3. The number of hydrogen-bond acceptors (Lipinski definition) is 4. The van der Waals surface area contributed by atoms with Crippen molar-refractivity contribution in [3.05, 3.63) is 40.0 Å². The number of aliphatic hydroxyl groups is 1.